The monoisotopic (exact) mass is 344 g/mol. The summed E-state index contributed by atoms with van der Waals surface area (Å²) in [6.45, 7) is 10.5. The zero-order valence-corrected chi connectivity index (χ0v) is 16.0. The van der Waals surface area contributed by atoms with Crippen LogP contribution >= 0.6 is 0 Å². The molecule has 0 aromatic heterocycles. The SMILES string of the molecule is C=C1C2CCC3C4(C)CCCC(C)(C=O)C4CCC3(C2)C1OC(C)=O. The van der Waals surface area contributed by atoms with Gasteiger partial charge in [0.1, 0.15) is 12.4 Å². The molecule has 138 valence electrons. The molecule has 0 radical (unpaired) electrons. The summed E-state index contributed by atoms with van der Waals surface area (Å²) in [5.41, 5.74) is 1.23. The van der Waals surface area contributed by atoms with E-state index in [1.54, 1.807) is 0 Å². The predicted molar refractivity (Wildman–Crippen MR) is 96.8 cm³/mol. The zero-order valence-electron chi connectivity index (χ0n) is 16.0. The Morgan fingerprint density at radius 2 is 1.92 bits per heavy atom. The molecule has 0 amide bonds. The van der Waals surface area contributed by atoms with Gasteiger partial charge in [0, 0.05) is 17.8 Å². The molecule has 0 aromatic rings. The van der Waals surface area contributed by atoms with Crippen molar-refractivity contribution in [3.05, 3.63) is 12.2 Å². The minimum Gasteiger partial charge on any atom is -0.457 e. The Kier molecular flexibility index (Phi) is 3.76. The summed E-state index contributed by atoms with van der Waals surface area (Å²) in [5, 5.41) is 0. The Morgan fingerprint density at radius 3 is 2.60 bits per heavy atom. The molecular weight excluding hydrogens is 312 g/mol. The summed E-state index contributed by atoms with van der Waals surface area (Å²) in [4.78, 5) is 23.8. The minimum absolute atomic E-state index is 0.0675. The van der Waals surface area contributed by atoms with Crippen molar-refractivity contribution in [2.75, 3.05) is 0 Å². The van der Waals surface area contributed by atoms with E-state index in [0.717, 1.165) is 37.7 Å². The van der Waals surface area contributed by atoms with Crippen LogP contribution in [0.2, 0.25) is 0 Å². The summed E-state index contributed by atoms with van der Waals surface area (Å²) in [6, 6.07) is 0. The van der Waals surface area contributed by atoms with E-state index in [2.05, 4.69) is 20.4 Å². The first-order valence-corrected chi connectivity index (χ1v) is 10.1. The van der Waals surface area contributed by atoms with E-state index in [-0.39, 0.29) is 28.3 Å². The number of carbonyl (C=O) groups excluding carboxylic acids is 2. The third-order valence-corrected chi connectivity index (χ3v) is 8.78. The van der Waals surface area contributed by atoms with Crippen LogP contribution in [-0.4, -0.2) is 18.4 Å². The van der Waals surface area contributed by atoms with E-state index < -0.39 is 0 Å². The standard InChI is InChI=1S/C22H32O3/c1-14-16-6-7-18-21(4)10-5-9-20(3,13-23)17(21)8-11-22(18,12-16)19(14)25-15(2)24/h13,16-19H,1,5-12H2,2-4H3. The van der Waals surface area contributed by atoms with Gasteiger partial charge in [-0.25, -0.2) is 0 Å². The maximum absolute atomic E-state index is 12.0. The summed E-state index contributed by atoms with van der Waals surface area (Å²) in [7, 11) is 0. The number of fused-ring (bicyclic) bond motifs is 3. The molecule has 7 unspecified atom stereocenters. The lowest BCUT2D eigenvalue weighted by Crippen LogP contribution is -2.59. The number of esters is 1. The van der Waals surface area contributed by atoms with Gasteiger partial charge in [-0.1, -0.05) is 26.8 Å². The van der Waals surface area contributed by atoms with Gasteiger partial charge in [-0.3, -0.25) is 4.79 Å². The van der Waals surface area contributed by atoms with Gasteiger partial charge in [-0.05, 0) is 73.7 Å². The lowest BCUT2D eigenvalue weighted by molar-refractivity contribution is -0.184. The Balaban J connectivity index is 1.76. The third-order valence-electron chi connectivity index (χ3n) is 8.78. The molecule has 3 heteroatoms. The largest absolute Gasteiger partial charge is 0.457 e. The predicted octanol–water partition coefficient (Wildman–Crippen LogP) is 4.70. The molecule has 4 aliphatic rings. The molecule has 3 nitrogen and oxygen atoms in total. The van der Waals surface area contributed by atoms with Gasteiger partial charge in [-0.15, -0.1) is 0 Å². The summed E-state index contributed by atoms with van der Waals surface area (Å²) < 4.78 is 5.89. The highest BCUT2D eigenvalue weighted by Crippen LogP contribution is 2.72. The number of rotatable bonds is 2. The van der Waals surface area contributed by atoms with Crippen molar-refractivity contribution in [2.24, 2.45) is 34.0 Å². The average Bonchev–Trinajstić information content (AvgIpc) is 2.75. The second-order valence-electron chi connectivity index (χ2n) is 9.90. The van der Waals surface area contributed by atoms with E-state index in [1.165, 1.54) is 32.5 Å². The van der Waals surface area contributed by atoms with Crippen LogP contribution in [0.4, 0.5) is 0 Å². The molecule has 0 heterocycles. The molecule has 4 aliphatic carbocycles. The van der Waals surface area contributed by atoms with E-state index in [9.17, 15) is 9.59 Å². The van der Waals surface area contributed by atoms with Crippen LogP contribution in [0.15, 0.2) is 12.2 Å². The van der Waals surface area contributed by atoms with Crippen LogP contribution in [0.25, 0.3) is 0 Å². The first-order chi connectivity index (χ1) is 11.8. The van der Waals surface area contributed by atoms with Gasteiger partial charge in [0.2, 0.25) is 0 Å². The Bertz CT molecular complexity index is 625. The molecule has 0 N–H and O–H groups in total. The molecular formula is C22H32O3. The molecule has 0 aromatic carbocycles. The smallest absolute Gasteiger partial charge is 0.303 e. The fourth-order valence-corrected chi connectivity index (χ4v) is 7.88. The fourth-order valence-electron chi connectivity index (χ4n) is 7.88. The zero-order chi connectivity index (χ0) is 18.0. The average molecular weight is 344 g/mol. The number of ether oxygens (including phenoxy) is 1. The second kappa shape index (κ2) is 5.44. The van der Waals surface area contributed by atoms with Crippen LogP contribution in [0, 0.1) is 34.0 Å². The fraction of sp³-hybridized carbons (Fsp3) is 0.818. The van der Waals surface area contributed by atoms with E-state index in [0.29, 0.717) is 17.8 Å². The molecule has 0 saturated heterocycles. The Morgan fingerprint density at radius 1 is 1.16 bits per heavy atom. The first kappa shape index (κ1) is 17.3. The number of aldehydes is 1. The normalized spacial score (nSPS) is 51.4. The van der Waals surface area contributed by atoms with Crippen LogP contribution in [0.5, 0.6) is 0 Å². The third kappa shape index (κ3) is 2.16. The topological polar surface area (TPSA) is 43.4 Å². The molecule has 1 spiro atoms. The van der Waals surface area contributed by atoms with Gasteiger partial charge in [0.15, 0.2) is 0 Å². The quantitative estimate of drug-likeness (QED) is 0.414. The highest BCUT2D eigenvalue weighted by Gasteiger charge is 2.67. The van der Waals surface area contributed by atoms with Crippen molar-refractivity contribution in [3.63, 3.8) is 0 Å². The van der Waals surface area contributed by atoms with Gasteiger partial charge < -0.3 is 9.53 Å². The summed E-state index contributed by atoms with van der Waals surface area (Å²) in [6.07, 6.45) is 10.2. The second-order valence-corrected chi connectivity index (χ2v) is 9.90. The maximum Gasteiger partial charge on any atom is 0.303 e. The lowest BCUT2D eigenvalue weighted by Gasteiger charge is -2.63. The van der Waals surface area contributed by atoms with Gasteiger partial charge in [-0.2, -0.15) is 0 Å². The van der Waals surface area contributed by atoms with Crippen molar-refractivity contribution in [1.82, 2.24) is 0 Å². The van der Waals surface area contributed by atoms with Crippen molar-refractivity contribution in [2.45, 2.75) is 78.2 Å². The van der Waals surface area contributed by atoms with Crippen molar-refractivity contribution in [1.29, 1.82) is 0 Å². The maximum atomic E-state index is 12.0. The van der Waals surface area contributed by atoms with Crippen molar-refractivity contribution < 1.29 is 14.3 Å². The van der Waals surface area contributed by atoms with Crippen LogP contribution in [-0.2, 0) is 14.3 Å². The van der Waals surface area contributed by atoms with Gasteiger partial charge in [0.05, 0.1) is 0 Å². The van der Waals surface area contributed by atoms with E-state index in [4.69, 9.17) is 4.74 Å². The van der Waals surface area contributed by atoms with Gasteiger partial charge in [0.25, 0.3) is 0 Å². The van der Waals surface area contributed by atoms with Crippen molar-refractivity contribution >= 4 is 12.3 Å². The summed E-state index contributed by atoms with van der Waals surface area (Å²) in [5.74, 6) is 1.34. The molecule has 4 fully saturated rings. The van der Waals surface area contributed by atoms with Crippen LogP contribution in [0.1, 0.15) is 72.1 Å². The van der Waals surface area contributed by atoms with Crippen LogP contribution in [0.3, 0.4) is 0 Å². The van der Waals surface area contributed by atoms with Crippen molar-refractivity contribution in [3.8, 4) is 0 Å². The van der Waals surface area contributed by atoms with Crippen LogP contribution < -0.4 is 0 Å². The Hall–Kier alpha value is -1.12. The number of hydrogen-bond donors (Lipinski definition) is 0. The molecule has 7 atom stereocenters. The molecule has 0 aliphatic heterocycles. The highest BCUT2D eigenvalue weighted by molar-refractivity contribution is 5.67. The van der Waals surface area contributed by atoms with E-state index >= 15 is 0 Å². The Labute approximate surface area is 151 Å². The summed E-state index contributed by atoms with van der Waals surface area (Å²) >= 11 is 0. The molecule has 2 bridgehead atoms. The number of hydrogen-bond acceptors (Lipinski definition) is 3. The first-order valence-electron chi connectivity index (χ1n) is 10.1. The minimum atomic E-state index is -0.183. The highest BCUT2D eigenvalue weighted by atomic mass is 16.5. The lowest BCUT2D eigenvalue weighted by atomic mass is 9.41. The molecule has 4 rings (SSSR count). The molecule has 4 saturated carbocycles. The molecule has 25 heavy (non-hydrogen) atoms. The van der Waals surface area contributed by atoms with E-state index in [1.807, 2.05) is 0 Å². The van der Waals surface area contributed by atoms with Gasteiger partial charge >= 0.3 is 5.97 Å². The number of carbonyl (C=O) groups is 2.